The first-order valence-electron chi connectivity index (χ1n) is 12.8. The van der Waals surface area contributed by atoms with E-state index in [0.29, 0.717) is 19.6 Å². The van der Waals surface area contributed by atoms with E-state index >= 15 is 0 Å². The molecule has 5 rings (SSSR count). The molecule has 2 aliphatic heterocycles. The zero-order chi connectivity index (χ0) is 31.1. The van der Waals surface area contributed by atoms with Crippen molar-refractivity contribution in [2.24, 2.45) is 16.8 Å². The molecule has 1 aliphatic carbocycles. The predicted molar refractivity (Wildman–Crippen MR) is 146 cm³/mol. The van der Waals surface area contributed by atoms with Gasteiger partial charge in [-0.05, 0) is 6.54 Å². The number of nitrogen functional groups attached to an aromatic ring is 1. The molecular weight excluding hydrogens is 612 g/mol. The van der Waals surface area contributed by atoms with Gasteiger partial charge in [-0.1, -0.05) is 11.7 Å². The fourth-order valence-corrected chi connectivity index (χ4v) is 5.81. The second kappa shape index (κ2) is 11.4. The van der Waals surface area contributed by atoms with Gasteiger partial charge in [-0.25, -0.2) is 18.9 Å². The van der Waals surface area contributed by atoms with Gasteiger partial charge in [-0.3, -0.25) is 9.35 Å². The van der Waals surface area contributed by atoms with E-state index in [1.54, 1.807) is 0 Å². The quantitative estimate of drug-likeness (QED) is 0.0711. The Labute approximate surface area is 248 Å². The maximum absolute atomic E-state index is 12.8. The van der Waals surface area contributed by atoms with E-state index < -0.39 is 46.0 Å². The number of nitrogens with zero attached hydrogens (tertiary/aromatic N) is 7. The number of amides is 2. The molecule has 19 nitrogen and oxygen atoms in total. The van der Waals surface area contributed by atoms with Gasteiger partial charge in [0.05, 0.1) is 18.4 Å². The summed E-state index contributed by atoms with van der Waals surface area (Å²) in [5.41, 5.74) is 10.1. The Morgan fingerprint density at radius 1 is 1.33 bits per heavy atom. The summed E-state index contributed by atoms with van der Waals surface area (Å²) < 4.78 is 39.1. The van der Waals surface area contributed by atoms with E-state index in [4.69, 9.17) is 21.0 Å². The number of anilines is 1. The standard InChI is InChI=1S/C22H28N10O9S2/c1-11(16(14-10-42-20(24)27-14)29-41-22(2-3-22)19(34)35)26-17-15(32(18(17)33)43(37,38)39)8-31-25-5-13(28-31)9-40-21(36)30-6-12(4-23)7-30/h5,10,12,15,17,26H,1-4,6-9,23H2,(H2,24,27)(H,34,35)(H,37,38,39)/b29-16+. The van der Waals surface area contributed by atoms with Gasteiger partial charge in [0.1, 0.15) is 30.1 Å². The minimum Gasteiger partial charge on any atom is -0.478 e. The Morgan fingerprint density at radius 2 is 2.05 bits per heavy atom. The highest BCUT2D eigenvalue weighted by Gasteiger charge is 2.55. The molecule has 21 heteroatoms. The lowest BCUT2D eigenvalue weighted by molar-refractivity contribution is -0.153. The van der Waals surface area contributed by atoms with E-state index in [0.717, 1.165) is 16.1 Å². The van der Waals surface area contributed by atoms with E-state index in [2.05, 4.69) is 32.2 Å². The number of β-lactam (4-membered cyclic amide) rings is 1. The van der Waals surface area contributed by atoms with Crippen molar-refractivity contribution in [1.82, 2.24) is 34.5 Å². The first-order chi connectivity index (χ1) is 20.3. The van der Waals surface area contributed by atoms with Crippen molar-refractivity contribution in [1.29, 1.82) is 0 Å². The summed E-state index contributed by atoms with van der Waals surface area (Å²) in [4.78, 5) is 48.5. The van der Waals surface area contributed by atoms with Gasteiger partial charge in [0.2, 0.25) is 5.60 Å². The summed E-state index contributed by atoms with van der Waals surface area (Å²) in [5.74, 6) is -1.98. The zero-order valence-corrected chi connectivity index (χ0v) is 24.0. The smallest absolute Gasteiger partial charge is 0.410 e. The van der Waals surface area contributed by atoms with E-state index in [1.807, 2.05) is 0 Å². The Bertz CT molecular complexity index is 1580. The number of nitrogens with two attached hydrogens (primary N) is 2. The lowest BCUT2D eigenvalue weighted by atomic mass is 9.98. The van der Waals surface area contributed by atoms with Crippen LogP contribution < -0.4 is 16.8 Å². The number of carbonyl (C=O) groups excluding carboxylic acids is 2. The first-order valence-corrected chi connectivity index (χ1v) is 15.1. The lowest BCUT2D eigenvalue weighted by Gasteiger charge is -2.44. The van der Waals surface area contributed by atoms with Crippen LogP contribution in [-0.2, 0) is 42.6 Å². The number of likely N-dealkylation sites (tertiary alicyclic amines) is 1. The third-order valence-corrected chi connectivity index (χ3v) is 8.65. The van der Waals surface area contributed by atoms with Crippen LogP contribution in [0.5, 0.6) is 0 Å². The number of aliphatic carboxylic acids is 1. The van der Waals surface area contributed by atoms with Crippen molar-refractivity contribution in [3.8, 4) is 0 Å². The number of oxime groups is 1. The number of hydrogen-bond donors (Lipinski definition) is 5. The number of nitrogens with one attached hydrogen (secondary N) is 1. The summed E-state index contributed by atoms with van der Waals surface area (Å²) in [6.45, 7) is 4.80. The second-order valence-corrected chi connectivity index (χ2v) is 12.3. The molecule has 2 unspecified atom stereocenters. The number of hydrogen-bond acceptors (Lipinski definition) is 15. The van der Waals surface area contributed by atoms with Crippen LogP contribution in [-0.4, -0.2) is 108 Å². The number of carbonyl (C=O) groups is 3. The number of thiazole rings is 1. The topological polar surface area (TPSA) is 271 Å². The van der Waals surface area contributed by atoms with Gasteiger partial charge in [-0.15, -0.1) is 11.3 Å². The van der Waals surface area contributed by atoms with E-state index in [1.165, 1.54) is 16.5 Å². The van der Waals surface area contributed by atoms with Crippen molar-refractivity contribution in [3.63, 3.8) is 0 Å². The third-order valence-electron chi connectivity index (χ3n) is 7.03. The Kier molecular flexibility index (Phi) is 7.98. The molecule has 0 radical (unpaired) electrons. The summed E-state index contributed by atoms with van der Waals surface area (Å²) in [5, 5.41) is 26.0. The monoisotopic (exact) mass is 640 g/mol. The first kappa shape index (κ1) is 30.1. The molecule has 232 valence electrons. The maximum Gasteiger partial charge on any atom is 0.410 e. The molecule has 7 N–H and O–H groups in total. The molecule has 0 bridgehead atoms. The number of ether oxygens (including phenoxy) is 1. The summed E-state index contributed by atoms with van der Waals surface area (Å²) in [7, 11) is -4.97. The number of aromatic nitrogens is 4. The van der Waals surface area contributed by atoms with Crippen LogP contribution in [0.2, 0.25) is 0 Å². The molecule has 2 aromatic rings. The highest BCUT2D eigenvalue weighted by atomic mass is 32.2. The fourth-order valence-electron chi connectivity index (χ4n) is 4.39. The molecule has 3 fully saturated rings. The molecule has 2 amide bonds. The molecule has 2 saturated heterocycles. The molecule has 0 aromatic carbocycles. The normalized spacial score (nSPS) is 21.5. The van der Waals surface area contributed by atoms with Crippen molar-refractivity contribution >= 4 is 50.5 Å². The van der Waals surface area contributed by atoms with Crippen LogP contribution in [0.3, 0.4) is 0 Å². The van der Waals surface area contributed by atoms with Gasteiger partial charge >= 0.3 is 22.4 Å². The van der Waals surface area contributed by atoms with Gasteiger partial charge < -0.3 is 36.4 Å². The highest BCUT2D eigenvalue weighted by Crippen LogP contribution is 2.40. The Morgan fingerprint density at radius 3 is 2.63 bits per heavy atom. The van der Waals surface area contributed by atoms with Crippen LogP contribution >= 0.6 is 11.3 Å². The molecule has 0 spiro atoms. The van der Waals surface area contributed by atoms with Crippen molar-refractivity contribution in [3.05, 3.63) is 35.2 Å². The minimum absolute atomic E-state index is 0.0614. The van der Waals surface area contributed by atoms with Crippen molar-refractivity contribution < 1.29 is 42.0 Å². The van der Waals surface area contributed by atoms with Crippen molar-refractivity contribution in [2.75, 3.05) is 25.4 Å². The summed E-state index contributed by atoms with van der Waals surface area (Å²) >= 11 is 1.06. The number of allylic oxidation sites excluding steroid dienone is 1. The van der Waals surface area contributed by atoms with Crippen LogP contribution in [0, 0.1) is 5.92 Å². The van der Waals surface area contributed by atoms with Crippen LogP contribution in [0.4, 0.5) is 9.93 Å². The average molecular weight is 641 g/mol. The van der Waals surface area contributed by atoms with Crippen LogP contribution in [0.25, 0.3) is 0 Å². The van der Waals surface area contributed by atoms with E-state index in [-0.39, 0.29) is 64.1 Å². The highest BCUT2D eigenvalue weighted by molar-refractivity contribution is 7.84. The predicted octanol–water partition coefficient (Wildman–Crippen LogP) is -1.63. The van der Waals surface area contributed by atoms with Gasteiger partial charge in [-0.2, -0.15) is 23.4 Å². The van der Waals surface area contributed by atoms with Crippen LogP contribution in [0.15, 0.2) is 29.0 Å². The van der Waals surface area contributed by atoms with Gasteiger partial charge in [0.15, 0.2) is 10.8 Å². The molecule has 2 aromatic heterocycles. The Balaban J connectivity index is 1.28. The molecule has 4 heterocycles. The molecule has 3 aliphatic rings. The zero-order valence-electron chi connectivity index (χ0n) is 22.4. The van der Waals surface area contributed by atoms with Crippen molar-refractivity contribution in [2.45, 2.75) is 43.7 Å². The third kappa shape index (κ3) is 6.23. The summed E-state index contributed by atoms with van der Waals surface area (Å²) in [6.07, 6.45) is 1.23. The van der Waals surface area contributed by atoms with Gasteiger partial charge in [0.25, 0.3) is 5.91 Å². The number of carboxylic acid groups (broad SMARTS) is 1. The molecule has 2 atom stereocenters. The van der Waals surface area contributed by atoms with Crippen LogP contribution in [0.1, 0.15) is 24.2 Å². The molecule has 43 heavy (non-hydrogen) atoms. The average Bonchev–Trinajstić information content (AvgIpc) is 3.38. The van der Waals surface area contributed by atoms with E-state index in [9.17, 15) is 32.5 Å². The maximum atomic E-state index is 12.8. The van der Waals surface area contributed by atoms with Gasteiger partial charge in [0, 0.05) is 37.2 Å². The largest absolute Gasteiger partial charge is 0.478 e. The Hall–Kier alpha value is -4.34. The fraction of sp³-hybridized carbons (Fsp3) is 0.500. The number of rotatable bonds is 13. The SMILES string of the molecule is C=C(NC1C(=O)N(S(=O)(=O)O)C1Cn1ncc(COC(=O)N2CC(CN)C2)n1)/C(=N\OC1(C(=O)O)CC1)c1csc(N)n1. The summed E-state index contributed by atoms with van der Waals surface area (Å²) in [6, 6.07) is -2.49. The number of carboxylic acids is 1. The molecule has 1 saturated carbocycles. The second-order valence-electron chi connectivity index (χ2n) is 10.1. The minimum atomic E-state index is -4.97. The molecular formula is C22H28N10O9S2. The lowest BCUT2D eigenvalue weighted by Crippen LogP contribution is -2.72.